The Hall–Kier alpha value is -2.04. The number of likely N-dealkylation sites (tertiary alicyclic amines) is 1. The maximum Gasteiger partial charge on any atom is 0.409 e. The fraction of sp³-hybridized carbons (Fsp3) is 0.471. The van der Waals surface area contributed by atoms with E-state index in [4.69, 9.17) is 21.1 Å². The molecule has 2 rings (SSSR count). The van der Waals surface area contributed by atoms with Crippen LogP contribution in [0.4, 0.5) is 4.79 Å². The van der Waals surface area contributed by atoms with E-state index in [9.17, 15) is 29.7 Å². The van der Waals surface area contributed by atoms with Gasteiger partial charge >= 0.3 is 18.0 Å². The highest BCUT2D eigenvalue weighted by atomic mass is 79.9. The lowest BCUT2D eigenvalue weighted by Gasteiger charge is -2.33. The third kappa shape index (κ3) is 4.03. The summed E-state index contributed by atoms with van der Waals surface area (Å²) in [6, 6.07) is 2.00. The van der Waals surface area contributed by atoms with Crippen molar-refractivity contribution in [3.8, 4) is 5.75 Å². The first-order chi connectivity index (χ1) is 13.2. The number of hydrogen-bond donors (Lipinski definition) is 3. The highest BCUT2D eigenvalue weighted by Gasteiger charge is 2.61. The Labute approximate surface area is 173 Å². The van der Waals surface area contributed by atoms with Crippen LogP contribution in [-0.2, 0) is 14.3 Å². The summed E-state index contributed by atoms with van der Waals surface area (Å²) in [4.78, 5) is 35.7. The minimum absolute atomic E-state index is 0.00818. The van der Waals surface area contributed by atoms with E-state index >= 15 is 0 Å². The summed E-state index contributed by atoms with van der Waals surface area (Å²) in [6.07, 6.45) is -1.40. The molecular weight excluding hydrogens is 462 g/mol. The number of nitrogens with zero attached hydrogens (tertiary/aromatic N) is 1. The molecule has 0 unspecified atom stereocenters. The number of halogens is 2. The second-order valence-corrected chi connectivity index (χ2v) is 7.44. The molecule has 154 valence electrons. The summed E-state index contributed by atoms with van der Waals surface area (Å²) >= 11 is 9.47. The van der Waals surface area contributed by atoms with E-state index in [1.165, 1.54) is 12.1 Å². The zero-order chi connectivity index (χ0) is 21.1. The van der Waals surface area contributed by atoms with Gasteiger partial charge in [-0.25, -0.2) is 14.4 Å². The molecule has 0 bridgehead atoms. The Morgan fingerprint density at radius 2 is 1.89 bits per heavy atom. The maximum atomic E-state index is 11.8. The molecular formula is C17H19BrClNO8. The minimum atomic E-state index is -2.56. The van der Waals surface area contributed by atoms with Crippen LogP contribution < -0.4 is 4.74 Å². The number of ether oxygens (including phenoxy) is 2. The van der Waals surface area contributed by atoms with Gasteiger partial charge in [-0.05, 0) is 30.5 Å². The first kappa shape index (κ1) is 22.3. The van der Waals surface area contributed by atoms with Crippen LogP contribution in [0.3, 0.4) is 0 Å². The van der Waals surface area contributed by atoms with Gasteiger partial charge in [-0.15, -0.1) is 0 Å². The summed E-state index contributed by atoms with van der Waals surface area (Å²) in [5.74, 6) is -3.18. The maximum absolute atomic E-state index is 11.8. The molecule has 1 aliphatic rings. The van der Waals surface area contributed by atoms with Gasteiger partial charge in [-0.3, -0.25) is 4.90 Å². The topological polar surface area (TPSA) is 134 Å². The van der Waals surface area contributed by atoms with Crippen molar-refractivity contribution in [2.24, 2.45) is 0 Å². The van der Waals surface area contributed by atoms with E-state index < -0.39 is 29.6 Å². The molecule has 0 aromatic heterocycles. The molecule has 0 spiro atoms. The van der Waals surface area contributed by atoms with Gasteiger partial charge in [0.2, 0.25) is 5.54 Å². The highest BCUT2D eigenvalue weighted by Crippen LogP contribution is 2.47. The standard InChI is InChI=1S/C17H19BrClNO8/c1-27-5-2-6-28-13-7-9(10(18)8-11(13)19)12-3-4-17(14(21)22,15(23)24)20(12)16(25)26/h7-8,12H,2-6H2,1H3,(H,21,22)(H,23,24)(H,25,26)/t12-/m1/s1. The van der Waals surface area contributed by atoms with Crippen molar-refractivity contribution in [2.75, 3.05) is 20.3 Å². The van der Waals surface area contributed by atoms with Crippen molar-refractivity contribution in [2.45, 2.75) is 30.8 Å². The number of rotatable bonds is 8. The number of hydrogen-bond acceptors (Lipinski definition) is 5. The largest absolute Gasteiger partial charge is 0.492 e. The molecule has 11 heteroatoms. The molecule has 1 heterocycles. The second kappa shape index (κ2) is 8.97. The molecule has 9 nitrogen and oxygen atoms in total. The van der Waals surface area contributed by atoms with Crippen molar-refractivity contribution in [3.05, 3.63) is 27.2 Å². The summed E-state index contributed by atoms with van der Waals surface area (Å²) in [5, 5.41) is 28.9. The van der Waals surface area contributed by atoms with Crippen molar-refractivity contribution in [1.29, 1.82) is 0 Å². The van der Waals surface area contributed by atoms with Gasteiger partial charge in [0.25, 0.3) is 0 Å². The zero-order valence-electron chi connectivity index (χ0n) is 14.9. The van der Waals surface area contributed by atoms with Gasteiger partial charge in [-0.1, -0.05) is 27.5 Å². The van der Waals surface area contributed by atoms with E-state index in [1.807, 2.05) is 0 Å². The van der Waals surface area contributed by atoms with Crippen LogP contribution in [-0.4, -0.2) is 64.1 Å². The molecule has 1 saturated heterocycles. The van der Waals surface area contributed by atoms with Crippen LogP contribution in [0.5, 0.6) is 5.75 Å². The first-order valence-corrected chi connectivity index (χ1v) is 9.43. The van der Waals surface area contributed by atoms with Gasteiger partial charge in [-0.2, -0.15) is 0 Å². The monoisotopic (exact) mass is 479 g/mol. The molecule has 1 aromatic rings. The summed E-state index contributed by atoms with van der Waals surface area (Å²) < 4.78 is 11.0. The number of carboxylic acid groups (broad SMARTS) is 3. The second-order valence-electron chi connectivity index (χ2n) is 6.18. The van der Waals surface area contributed by atoms with E-state index in [1.54, 1.807) is 7.11 Å². The number of amides is 1. The Kier molecular flexibility index (Phi) is 7.13. The molecule has 3 N–H and O–H groups in total. The van der Waals surface area contributed by atoms with Crippen LogP contribution in [0.25, 0.3) is 0 Å². The Morgan fingerprint density at radius 3 is 2.43 bits per heavy atom. The molecule has 28 heavy (non-hydrogen) atoms. The normalized spacial score (nSPS) is 18.1. The smallest absolute Gasteiger partial charge is 0.409 e. The zero-order valence-corrected chi connectivity index (χ0v) is 17.2. The number of benzene rings is 1. The quantitative estimate of drug-likeness (QED) is 0.381. The van der Waals surface area contributed by atoms with Gasteiger partial charge in [0.1, 0.15) is 5.75 Å². The van der Waals surface area contributed by atoms with Crippen LogP contribution in [0.1, 0.15) is 30.9 Å². The summed E-state index contributed by atoms with van der Waals surface area (Å²) in [7, 11) is 1.56. The van der Waals surface area contributed by atoms with E-state index in [0.717, 1.165) is 0 Å². The summed E-state index contributed by atoms with van der Waals surface area (Å²) in [5.41, 5.74) is -2.19. The van der Waals surface area contributed by atoms with Crippen LogP contribution in [0.15, 0.2) is 16.6 Å². The lowest BCUT2D eigenvalue weighted by atomic mass is 9.97. The highest BCUT2D eigenvalue weighted by molar-refractivity contribution is 9.10. The lowest BCUT2D eigenvalue weighted by molar-refractivity contribution is -0.165. The predicted octanol–water partition coefficient (Wildman–Crippen LogP) is 3.24. The van der Waals surface area contributed by atoms with Gasteiger partial charge < -0.3 is 24.8 Å². The number of carboxylic acids is 2. The molecule has 1 fully saturated rings. The van der Waals surface area contributed by atoms with Gasteiger partial charge in [0.15, 0.2) is 0 Å². The fourth-order valence-corrected chi connectivity index (χ4v) is 4.22. The lowest BCUT2D eigenvalue weighted by Crippen LogP contribution is -2.58. The Bertz CT molecular complexity index is 773. The minimum Gasteiger partial charge on any atom is -0.492 e. The van der Waals surface area contributed by atoms with Crippen LogP contribution >= 0.6 is 27.5 Å². The molecule has 0 aliphatic carbocycles. The molecule has 0 saturated carbocycles. The Morgan fingerprint density at radius 1 is 1.25 bits per heavy atom. The van der Waals surface area contributed by atoms with Crippen molar-refractivity contribution in [3.63, 3.8) is 0 Å². The molecule has 1 aliphatic heterocycles. The fourth-order valence-electron chi connectivity index (χ4n) is 3.26. The van der Waals surface area contributed by atoms with Crippen LogP contribution in [0, 0.1) is 0 Å². The average molecular weight is 481 g/mol. The molecule has 0 radical (unpaired) electrons. The van der Waals surface area contributed by atoms with Crippen LogP contribution in [0.2, 0.25) is 5.02 Å². The predicted molar refractivity (Wildman–Crippen MR) is 101 cm³/mol. The third-order valence-electron chi connectivity index (χ3n) is 4.58. The molecule has 1 atom stereocenters. The van der Waals surface area contributed by atoms with Crippen molar-refractivity contribution in [1.82, 2.24) is 4.90 Å². The third-order valence-corrected chi connectivity index (χ3v) is 5.56. The van der Waals surface area contributed by atoms with E-state index in [0.29, 0.717) is 34.6 Å². The summed E-state index contributed by atoms with van der Waals surface area (Å²) in [6.45, 7) is 0.784. The van der Waals surface area contributed by atoms with Gasteiger partial charge in [0.05, 0.1) is 17.7 Å². The number of carbonyl (C=O) groups is 3. The van der Waals surface area contributed by atoms with Crippen molar-refractivity contribution >= 4 is 45.6 Å². The van der Waals surface area contributed by atoms with Gasteiger partial charge in [0, 0.05) is 24.6 Å². The number of methoxy groups -OCH3 is 1. The van der Waals surface area contributed by atoms with E-state index in [2.05, 4.69) is 15.9 Å². The van der Waals surface area contributed by atoms with E-state index in [-0.39, 0.29) is 23.6 Å². The molecule has 1 aromatic carbocycles. The van der Waals surface area contributed by atoms with Crippen molar-refractivity contribution < 1.29 is 39.2 Å². The average Bonchev–Trinajstić information content (AvgIpc) is 3.02. The molecule has 1 amide bonds. The SMILES string of the molecule is COCCCOc1cc([C@H]2CCC(C(=O)O)(C(=O)O)N2C(=O)O)c(Br)cc1Cl. The Balaban J connectivity index is 2.44. The number of aliphatic carboxylic acids is 2. The first-order valence-electron chi connectivity index (χ1n) is 8.26.